The average Bonchev–Trinajstić information content (AvgIpc) is 2.83. The van der Waals surface area contributed by atoms with Crippen molar-refractivity contribution in [3.8, 4) is 23.7 Å². The molecule has 1 atom stereocenters. The Morgan fingerprint density at radius 1 is 1.06 bits per heavy atom. The van der Waals surface area contributed by atoms with E-state index in [9.17, 15) is 18.5 Å². The summed E-state index contributed by atoms with van der Waals surface area (Å²) in [5.74, 6) is 12.0. The fourth-order valence-electron chi connectivity index (χ4n) is 3.05. The van der Waals surface area contributed by atoms with E-state index < -0.39 is 14.9 Å². The van der Waals surface area contributed by atoms with Crippen LogP contribution in [0.2, 0.25) is 0 Å². The Balaban J connectivity index is 1.51. The van der Waals surface area contributed by atoms with Crippen molar-refractivity contribution < 1.29 is 22.8 Å². The first-order valence-corrected chi connectivity index (χ1v) is 12.0. The van der Waals surface area contributed by atoms with Crippen LogP contribution in [0.15, 0.2) is 53.4 Å². The molecule has 0 aromatic heterocycles. The minimum Gasteiger partial charge on any atom is -0.353 e. The third kappa shape index (κ3) is 7.70. The summed E-state index contributed by atoms with van der Waals surface area (Å²) in [6.07, 6.45) is 3.16. The molecule has 0 saturated carbocycles. The molecule has 0 bridgehead atoms. The van der Waals surface area contributed by atoms with Gasteiger partial charge in [-0.2, -0.15) is 0 Å². The molecule has 0 spiro atoms. The van der Waals surface area contributed by atoms with Gasteiger partial charge in [0, 0.05) is 42.8 Å². The minimum atomic E-state index is -3.77. The number of nitrogens with zero attached hydrogens (tertiary/aromatic N) is 1. The Kier molecular flexibility index (Phi) is 8.99. The van der Waals surface area contributed by atoms with Crippen molar-refractivity contribution in [3.05, 3.63) is 69.8 Å². The van der Waals surface area contributed by atoms with Gasteiger partial charge in [-0.05, 0) is 43.5 Å². The maximum atomic E-state index is 12.3. The van der Waals surface area contributed by atoms with Crippen LogP contribution < -0.4 is 4.72 Å². The van der Waals surface area contributed by atoms with Gasteiger partial charge < -0.3 is 9.47 Å². The number of nitrogens with one attached hydrogen (secondary N) is 1. The topological polar surface area (TPSA) is 108 Å². The molecule has 1 fully saturated rings. The van der Waals surface area contributed by atoms with Crippen molar-refractivity contribution in [1.29, 1.82) is 0 Å². The summed E-state index contributed by atoms with van der Waals surface area (Å²) < 4.78 is 38.2. The molecule has 1 saturated heterocycles. The molecule has 1 aliphatic rings. The van der Waals surface area contributed by atoms with Crippen LogP contribution in [0.1, 0.15) is 36.8 Å². The quantitative estimate of drug-likeness (QED) is 0.289. The standard InChI is InChI=1S/C24H24N2O6S/c27-26(28)22-13-15-23(16-14-22)33(29,30)25-17-5-3-10-20-8-1-2-9-21(20)11-7-19-32-24-12-4-6-18-31-24/h1-2,8-9,13-16,24-25H,4-6,12,17-19H2. The van der Waals surface area contributed by atoms with E-state index in [1.165, 1.54) is 12.1 Å². The summed E-state index contributed by atoms with van der Waals surface area (Å²) in [7, 11) is -3.77. The Morgan fingerprint density at radius 3 is 2.39 bits per heavy atom. The second-order valence-corrected chi connectivity index (χ2v) is 8.92. The first-order chi connectivity index (χ1) is 16.0. The van der Waals surface area contributed by atoms with Crippen molar-refractivity contribution in [2.75, 3.05) is 19.8 Å². The summed E-state index contributed by atoms with van der Waals surface area (Å²) in [5.41, 5.74) is 1.34. The zero-order valence-electron chi connectivity index (χ0n) is 18.0. The van der Waals surface area contributed by atoms with Crippen LogP contribution in [-0.4, -0.2) is 39.4 Å². The number of benzene rings is 2. The van der Waals surface area contributed by atoms with E-state index >= 15 is 0 Å². The van der Waals surface area contributed by atoms with E-state index in [-0.39, 0.29) is 36.4 Å². The number of nitro benzene ring substituents is 1. The fourth-order valence-corrected chi connectivity index (χ4v) is 4.08. The number of nitro groups is 1. The largest absolute Gasteiger partial charge is 0.353 e. The molecular formula is C24H24N2O6S. The third-order valence-corrected chi connectivity index (χ3v) is 6.23. The highest BCUT2D eigenvalue weighted by Gasteiger charge is 2.15. The molecular weight excluding hydrogens is 444 g/mol. The lowest BCUT2D eigenvalue weighted by Gasteiger charge is -2.21. The first kappa shape index (κ1) is 24.4. The predicted octanol–water partition coefficient (Wildman–Crippen LogP) is 3.21. The Morgan fingerprint density at radius 2 is 1.76 bits per heavy atom. The van der Waals surface area contributed by atoms with Crippen LogP contribution in [0, 0.1) is 33.8 Å². The van der Waals surface area contributed by atoms with E-state index in [1.807, 2.05) is 24.3 Å². The molecule has 33 heavy (non-hydrogen) atoms. The van der Waals surface area contributed by atoms with Gasteiger partial charge in [0.15, 0.2) is 6.29 Å². The number of non-ortho nitro benzene ring substituents is 1. The Hall–Kier alpha value is -3.21. The van der Waals surface area contributed by atoms with E-state index in [4.69, 9.17) is 9.47 Å². The van der Waals surface area contributed by atoms with Crippen molar-refractivity contribution in [3.63, 3.8) is 0 Å². The zero-order valence-corrected chi connectivity index (χ0v) is 18.8. The molecule has 9 heteroatoms. The van der Waals surface area contributed by atoms with Gasteiger partial charge in [-0.3, -0.25) is 10.1 Å². The van der Waals surface area contributed by atoms with Crippen molar-refractivity contribution in [1.82, 2.24) is 4.72 Å². The second-order valence-electron chi connectivity index (χ2n) is 7.16. The lowest BCUT2D eigenvalue weighted by molar-refractivity contribution is -0.384. The van der Waals surface area contributed by atoms with Crippen LogP contribution in [0.4, 0.5) is 5.69 Å². The monoisotopic (exact) mass is 468 g/mol. The van der Waals surface area contributed by atoms with Gasteiger partial charge in [-0.25, -0.2) is 13.1 Å². The van der Waals surface area contributed by atoms with Crippen LogP contribution in [0.3, 0.4) is 0 Å². The number of sulfonamides is 1. The summed E-state index contributed by atoms with van der Waals surface area (Å²) in [6, 6.07) is 12.2. The average molecular weight is 469 g/mol. The maximum absolute atomic E-state index is 12.3. The van der Waals surface area contributed by atoms with Gasteiger partial charge in [0.1, 0.15) is 6.61 Å². The van der Waals surface area contributed by atoms with E-state index in [1.54, 1.807) is 0 Å². The van der Waals surface area contributed by atoms with Gasteiger partial charge in [0.25, 0.3) is 5.69 Å². The van der Waals surface area contributed by atoms with E-state index in [2.05, 4.69) is 28.4 Å². The number of hydrogen-bond acceptors (Lipinski definition) is 6. The maximum Gasteiger partial charge on any atom is 0.269 e. The van der Waals surface area contributed by atoms with Gasteiger partial charge in [0.2, 0.25) is 10.0 Å². The molecule has 2 aromatic rings. The molecule has 1 heterocycles. The van der Waals surface area contributed by atoms with Crippen LogP contribution in [-0.2, 0) is 19.5 Å². The lowest BCUT2D eigenvalue weighted by atomic mass is 10.1. The highest BCUT2D eigenvalue weighted by Crippen LogP contribution is 2.16. The van der Waals surface area contributed by atoms with E-state index in [0.29, 0.717) is 0 Å². The molecule has 172 valence electrons. The molecule has 1 unspecified atom stereocenters. The Labute approximate surface area is 193 Å². The van der Waals surface area contributed by atoms with Crippen molar-refractivity contribution in [2.45, 2.75) is 36.9 Å². The number of hydrogen-bond donors (Lipinski definition) is 1. The van der Waals surface area contributed by atoms with Crippen molar-refractivity contribution in [2.24, 2.45) is 0 Å². The van der Waals surface area contributed by atoms with Crippen LogP contribution in [0.25, 0.3) is 0 Å². The zero-order chi connectivity index (χ0) is 23.5. The van der Waals surface area contributed by atoms with E-state index in [0.717, 1.165) is 49.1 Å². The van der Waals surface area contributed by atoms with Gasteiger partial charge in [-0.15, -0.1) is 0 Å². The fraction of sp³-hybridized carbons (Fsp3) is 0.333. The normalized spacial score (nSPS) is 15.6. The molecule has 8 nitrogen and oxygen atoms in total. The van der Waals surface area contributed by atoms with Gasteiger partial charge in [-0.1, -0.05) is 35.8 Å². The molecule has 0 amide bonds. The number of ether oxygens (including phenoxy) is 2. The first-order valence-electron chi connectivity index (χ1n) is 10.5. The molecule has 3 rings (SSSR count). The molecule has 0 radical (unpaired) electrons. The summed E-state index contributed by atoms with van der Waals surface area (Å²) in [6.45, 7) is 1.10. The molecule has 0 aliphatic carbocycles. The summed E-state index contributed by atoms with van der Waals surface area (Å²) in [5, 5.41) is 10.7. The van der Waals surface area contributed by atoms with Gasteiger partial charge >= 0.3 is 0 Å². The van der Waals surface area contributed by atoms with Crippen LogP contribution >= 0.6 is 0 Å². The van der Waals surface area contributed by atoms with Gasteiger partial charge in [0.05, 0.1) is 9.82 Å². The third-order valence-electron chi connectivity index (χ3n) is 4.75. The predicted molar refractivity (Wildman–Crippen MR) is 123 cm³/mol. The van der Waals surface area contributed by atoms with Crippen LogP contribution in [0.5, 0.6) is 0 Å². The summed E-state index contributed by atoms with van der Waals surface area (Å²) in [4.78, 5) is 10.1. The molecule has 1 aliphatic heterocycles. The molecule has 1 N–H and O–H groups in total. The minimum absolute atomic E-state index is 0.0393. The number of rotatable bonds is 7. The SMILES string of the molecule is O=[N+]([O-])c1ccc(S(=O)(=O)NCCC#Cc2ccccc2C#CCOC2CCCCO2)cc1. The second kappa shape index (κ2) is 12.1. The summed E-state index contributed by atoms with van der Waals surface area (Å²) >= 11 is 0. The highest BCUT2D eigenvalue weighted by molar-refractivity contribution is 7.89. The Bertz CT molecular complexity index is 1180. The van der Waals surface area contributed by atoms with Crippen molar-refractivity contribution >= 4 is 15.7 Å². The smallest absolute Gasteiger partial charge is 0.269 e. The molecule has 2 aromatic carbocycles. The lowest BCUT2D eigenvalue weighted by Crippen LogP contribution is -2.24. The highest BCUT2D eigenvalue weighted by atomic mass is 32.2.